The van der Waals surface area contributed by atoms with Gasteiger partial charge in [0.25, 0.3) is 0 Å². The van der Waals surface area contributed by atoms with Gasteiger partial charge in [0.15, 0.2) is 5.11 Å². The Balaban J connectivity index is 1.92. The topological polar surface area (TPSA) is 65.9 Å². The Morgan fingerprint density at radius 1 is 1.22 bits per heavy atom. The monoisotopic (exact) mass is 329 g/mol. The molecule has 0 spiro atoms. The van der Waals surface area contributed by atoms with Gasteiger partial charge in [0.1, 0.15) is 11.5 Å². The number of rotatable bonds is 5. The summed E-state index contributed by atoms with van der Waals surface area (Å²) in [6.45, 7) is 2.41. The zero-order valence-corrected chi connectivity index (χ0v) is 13.9. The van der Waals surface area contributed by atoms with Crippen LogP contribution in [0.3, 0.4) is 0 Å². The van der Waals surface area contributed by atoms with Crippen LogP contribution in [0.25, 0.3) is 0 Å². The highest BCUT2D eigenvalue weighted by molar-refractivity contribution is 7.80. The minimum atomic E-state index is 0.107. The van der Waals surface area contributed by atoms with Gasteiger partial charge < -0.3 is 15.2 Å². The van der Waals surface area contributed by atoms with Gasteiger partial charge in [-0.15, -0.1) is 0 Å². The molecule has 0 bridgehead atoms. The van der Waals surface area contributed by atoms with E-state index in [1.54, 1.807) is 32.2 Å². The molecule has 0 atom stereocenters. The highest BCUT2D eigenvalue weighted by Crippen LogP contribution is 2.23. The fourth-order valence-corrected chi connectivity index (χ4v) is 2.07. The quantitative estimate of drug-likeness (QED) is 0.447. The van der Waals surface area contributed by atoms with E-state index < -0.39 is 0 Å². The summed E-state index contributed by atoms with van der Waals surface area (Å²) in [5.41, 5.74) is 5.14. The van der Waals surface area contributed by atoms with Gasteiger partial charge in [-0.3, -0.25) is 5.43 Å². The van der Waals surface area contributed by atoms with Crippen molar-refractivity contribution in [2.45, 2.75) is 13.5 Å². The summed E-state index contributed by atoms with van der Waals surface area (Å²) in [5.74, 6) is 0.697. The van der Waals surface area contributed by atoms with Gasteiger partial charge in [0, 0.05) is 18.2 Å². The molecule has 0 aliphatic heterocycles. The van der Waals surface area contributed by atoms with Crippen LogP contribution >= 0.6 is 12.2 Å². The van der Waals surface area contributed by atoms with Crippen molar-refractivity contribution in [3.63, 3.8) is 0 Å². The molecular weight excluding hydrogens is 310 g/mol. The van der Waals surface area contributed by atoms with E-state index in [2.05, 4.69) is 15.8 Å². The molecule has 5 nitrogen and oxygen atoms in total. The van der Waals surface area contributed by atoms with Crippen LogP contribution in [-0.2, 0) is 6.54 Å². The molecule has 2 rings (SSSR count). The lowest BCUT2D eigenvalue weighted by Crippen LogP contribution is -2.32. The molecule has 2 aromatic rings. The number of phenolic OH excluding ortho intramolecular Hbond substituents is 1. The number of ether oxygens (including phenoxy) is 1. The lowest BCUT2D eigenvalue weighted by Gasteiger charge is -2.09. The Kier molecular flexibility index (Phi) is 5.94. The van der Waals surface area contributed by atoms with Crippen molar-refractivity contribution in [2.75, 3.05) is 7.11 Å². The molecule has 0 aliphatic rings. The van der Waals surface area contributed by atoms with Crippen LogP contribution in [0.2, 0.25) is 0 Å². The van der Waals surface area contributed by atoms with Crippen molar-refractivity contribution >= 4 is 23.0 Å². The van der Waals surface area contributed by atoms with Crippen molar-refractivity contribution in [3.8, 4) is 11.5 Å². The Hall–Kier alpha value is -2.60. The van der Waals surface area contributed by atoms with Crippen LogP contribution in [0.15, 0.2) is 53.6 Å². The lowest BCUT2D eigenvalue weighted by atomic mass is 10.1. The fraction of sp³-hybridized carbons (Fsp3) is 0.176. The standard InChI is InChI=1S/C17H19N3O2S/c1-12(15-9-8-14(22-2)10-16(15)21)19-20-17(23)18-11-13-6-4-3-5-7-13/h3-10,21H,11H2,1-2H3,(H2,18,20,23)/b19-12+. The van der Waals surface area contributed by atoms with Gasteiger partial charge >= 0.3 is 0 Å². The van der Waals surface area contributed by atoms with Crippen molar-refractivity contribution in [1.29, 1.82) is 0 Å². The smallest absolute Gasteiger partial charge is 0.187 e. The highest BCUT2D eigenvalue weighted by Gasteiger charge is 2.06. The van der Waals surface area contributed by atoms with Crippen molar-refractivity contribution in [2.24, 2.45) is 5.10 Å². The van der Waals surface area contributed by atoms with Crippen LogP contribution in [0.4, 0.5) is 0 Å². The van der Waals surface area contributed by atoms with Crippen LogP contribution in [-0.4, -0.2) is 23.0 Å². The minimum Gasteiger partial charge on any atom is -0.507 e. The first-order valence-electron chi connectivity index (χ1n) is 7.09. The number of aromatic hydroxyl groups is 1. The third-order valence-electron chi connectivity index (χ3n) is 3.22. The van der Waals surface area contributed by atoms with Crippen LogP contribution in [0.1, 0.15) is 18.1 Å². The van der Waals surface area contributed by atoms with E-state index in [9.17, 15) is 5.11 Å². The van der Waals surface area contributed by atoms with E-state index in [0.717, 1.165) is 5.56 Å². The highest BCUT2D eigenvalue weighted by atomic mass is 32.1. The zero-order valence-electron chi connectivity index (χ0n) is 13.0. The van der Waals surface area contributed by atoms with Crippen LogP contribution in [0.5, 0.6) is 11.5 Å². The summed E-state index contributed by atoms with van der Waals surface area (Å²) in [6, 6.07) is 15.0. The molecule has 2 aromatic carbocycles. The molecule has 120 valence electrons. The summed E-state index contributed by atoms with van der Waals surface area (Å²) in [6.07, 6.45) is 0. The van der Waals surface area contributed by atoms with Crippen molar-refractivity contribution in [1.82, 2.24) is 10.7 Å². The Labute approximate surface area is 141 Å². The predicted molar refractivity (Wildman–Crippen MR) is 95.9 cm³/mol. The second-order valence-corrected chi connectivity index (χ2v) is 5.27. The van der Waals surface area contributed by atoms with Gasteiger partial charge in [0.2, 0.25) is 0 Å². The third kappa shape index (κ3) is 4.96. The SMILES string of the molecule is COc1ccc(/C(C)=N/NC(=S)NCc2ccccc2)c(O)c1. The normalized spacial score (nSPS) is 11.0. The number of benzene rings is 2. The van der Waals surface area contributed by atoms with Gasteiger partial charge in [0.05, 0.1) is 12.8 Å². The number of hydrazone groups is 1. The van der Waals surface area contributed by atoms with Gasteiger partial charge in [-0.25, -0.2) is 0 Å². The average molecular weight is 329 g/mol. The molecule has 6 heteroatoms. The van der Waals surface area contributed by atoms with E-state index in [0.29, 0.717) is 28.7 Å². The summed E-state index contributed by atoms with van der Waals surface area (Å²) in [4.78, 5) is 0. The average Bonchev–Trinajstić information content (AvgIpc) is 2.58. The summed E-state index contributed by atoms with van der Waals surface area (Å²) < 4.78 is 5.06. The first-order chi connectivity index (χ1) is 11.1. The van der Waals surface area contributed by atoms with Gasteiger partial charge in [-0.1, -0.05) is 30.3 Å². The second-order valence-electron chi connectivity index (χ2n) is 4.86. The Bertz CT molecular complexity index is 702. The zero-order chi connectivity index (χ0) is 16.7. The molecule has 0 aromatic heterocycles. The molecule has 0 fully saturated rings. The Morgan fingerprint density at radius 3 is 2.61 bits per heavy atom. The molecule has 0 radical (unpaired) electrons. The largest absolute Gasteiger partial charge is 0.507 e. The number of hydrogen-bond acceptors (Lipinski definition) is 4. The molecule has 0 amide bonds. The molecule has 0 heterocycles. The van der Waals surface area contributed by atoms with Crippen LogP contribution < -0.4 is 15.5 Å². The molecule has 0 aliphatic carbocycles. The molecule has 0 saturated heterocycles. The number of hydrogen-bond donors (Lipinski definition) is 3. The van der Waals surface area contributed by atoms with E-state index in [-0.39, 0.29) is 5.75 Å². The first kappa shape index (κ1) is 16.8. The number of nitrogens with one attached hydrogen (secondary N) is 2. The molecule has 0 unspecified atom stereocenters. The Morgan fingerprint density at radius 2 is 1.96 bits per heavy atom. The molecule has 3 N–H and O–H groups in total. The molecular formula is C17H19N3O2S. The van der Waals surface area contributed by atoms with E-state index in [4.69, 9.17) is 17.0 Å². The van der Waals surface area contributed by atoms with Crippen LogP contribution in [0, 0.1) is 0 Å². The predicted octanol–water partition coefficient (Wildman–Crippen LogP) is 2.79. The maximum atomic E-state index is 9.97. The lowest BCUT2D eigenvalue weighted by molar-refractivity contribution is 0.407. The molecule has 23 heavy (non-hydrogen) atoms. The van der Waals surface area contributed by atoms with E-state index >= 15 is 0 Å². The third-order valence-corrected chi connectivity index (χ3v) is 3.45. The number of nitrogens with zero attached hydrogens (tertiary/aromatic N) is 1. The maximum absolute atomic E-state index is 9.97. The van der Waals surface area contributed by atoms with E-state index in [1.165, 1.54) is 0 Å². The number of methoxy groups -OCH3 is 1. The van der Waals surface area contributed by atoms with E-state index in [1.807, 2.05) is 30.3 Å². The number of phenols is 1. The van der Waals surface area contributed by atoms with Gasteiger partial charge in [-0.2, -0.15) is 5.10 Å². The second kappa shape index (κ2) is 8.14. The fourth-order valence-electron chi connectivity index (χ4n) is 1.96. The summed E-state index contributed by atoms with van der Waals surface area (Å²) >= 11 is 5.18. The minimum absolute atomic E-state index is 0.107. The number of thiocarbonyl (C=S) groups is 1. The summed E-state index contributed by atoms with van der Waals surface area (Å²) in [7, 11) is 1.55. The molecule has 0 saturated carbocycles. The van der Waals surface area contributed by atoms with Crippen molar-refractivity contribution in [3.05, 3.63) is 59.7 Å². The maximum Gasteiger partial charge on any atom is 0.187 e. The first-order valence-corrected chi connectivity index (χ1v) is 7.50. The van der Waals surface area contributed by atoms with Gasteiger partial charge in [-0.05, 0) is 36.8 Å². The summed E-state index contributed by atoms with van der Waals surface area (Å²) in [5, 5.41) is 17.6. The van der Waals surface area contributed by atoms with Crippen molar-refractivity contribution < 1.29 is 9.84 Å².